The first-order valence-electron chi connectivity index (χ1n) is 8.51. The van der Waals surface area contributed by atoms with Crippen molar-refractivity contribution in [2.75, 3.05) is 14.2 Å². The van der Waals surface area contributed by atoms with Crippen LogP contribution in [0.1, 0.15) is 44.1 Å². The molecule has 2 nitrogen and oxygen atoms in total. The molecule has 4 saturated carbocycles. The summed E-state index contributed by atoms with van der Waals surface area (Å²) < 4.78 is 5.37. The van der Waals surface area contributed by atoms with Crippen LogP contribution in [0.15, 0.2) is 24.3 Å². The highest BCUT2D eigenvalue weighted by Crippen LogP contribution is 2.57. The minimum atomic E-state index is 0.498. The molecule has 0 spiro atoms. The summed E-state index contributed by atoms with van der Waals surface area (Å²) >= 11 is 0. The third kappa shape index (κ3) is 2.38. The summed E-state index contributed by atoms with van der Waals surface area (Å²) in [4.78, 5) is 2.67. The maximum Gasteiger partial charge on any atom is 0.119 e. The summed E-state index contributed by atoms with van der Waals surface area (Å²) in [6, 6.07) is 8.58. The second kappa shape index (κ2) is 5.01. The minimum absolute atomic E-state index is 0.498. The monoisotopic (exact) mass is 285 g/mol. The molecule has 0 radical (unpaired) electrons. The molecule has 2 heteroatoms. The quantitative estimate of drug-likeness (QED) is 0.826. The Kier molecular flexibility index (Phi) is 3.25. The fourth-order valence-electron chi connectivity index (χ4n) is 5.74. The SMILES string of the molecule is COc1cccc(CN(C)C23CC4CC(CC(C4)C2)C3)c1. The highest BCUT2D eigenvalue weighted by molar-refractivity contribution is 5.28. The van der Waals surface area contributed by atoms with Crippen molar-refractivity contribution in [1.82, 2.24) is 4.90 Å². The van der Waals surface area contributed by atoms with Crippen molar-refractivity contribution in [3.05, 3.63) is 29.8 Å². The van der Waals surface area contributed by atoms with Crippen LogP contribution in [0.5, 0.6) is 5.75 Å². The molecule has 0 N–H and O–H groups in total. The molecule has 4 fully saturated rings. The van der Waals surface area contributed by atoms with Gasteiger partial charge in [-0.05, 0) is 81.0 Å². The van der Waals surface area contributed by atoms with Gasteiger partial charge in [-0.2, -0.15) is 0 Å². The Morgan fingerprint density at radius 3 is 2.29 bits per heavy atom. The van der Waals surface area contributed by atoms with Gasteiger partial charge in [0.1, 0.15) is 5.75 Å². The van der Waals surface area contributed by atoms with Gasteiger partial charge in [0, 0.05) is 12.1 Å². The molecule has 0 atom stereocenters. The smallest absolute Gasteiger partial charge is 0.119 e. The van der Waals surface area contributed by atoms with Crippen LogP contribution in [-0.4, -0.2) is 24.6 Å². The lowest BCUT2D eigenvalue weighted by Gasteiger charge is -2.60. The minimum Gasteiger partial charge on any atom is -0.497 e. The van der Waals surface area contributed by atoms with Gasteiger partial charge in [0.05, 0.1) is 7.11 Å². The number of hydrogen-bond donors (Lipinski definition) is 0. The van der Waals surface area contributed by atoms with Crippen molar-refractivity contribution in [3.63, 3.8) is 0 Å². The van der Waals surface area contributed by atoms with Crippen LogP contribution in [0, 0.1) is 17.8 Å². The number of benzene rings is 1. The van der Waals surface area contributed by atoms with Crippen molar-refractivity contribution in [3.8, 4) is 5.75 Å². The predicted octanol–water partition coefficient (Wildman–Crippen LogP) is 4.10. The zero-order valence-corrected chi connectivity index (χ0v) is 13.3. The Hall–Kier alpha value is -1.02. The molecule has 0 amide bonds. The summed E-state index contributed by atoms with van der Waals surface area (Å²) in [7, 11) is 4.11. The highest BCUT2D eigenvalue weighted by atomic mass is 16.5. The van der Waals surface area contributed by atoms with E-state index >= 15 is 0 Å². The van der Waals surface area contributed by atoms with Crippen LogP contribution in [0.4, 0.5) is 0 Å². The predicted molar refractivity (Wildman–Crippen MR) is 85.4 cm³/mol. The number of rotatable bonds is 4. The highest BCUT2D eigenvalue weighted by Gasteiger charge is 2.52. The van der Waals surface area contributed by atoms with E-state index in [2.05, 4.69) is 30.1 Å². The zero-order chi connectivity index (χ0) is 14.4. The van der Waals surface area contributed by atoms with Crippen molar-refractivity contribution >= 4 is 0 Å². The van der Waals surface area contributed by atoms with Crippen molar-refractivity contribution in [2.24, 2.45) is 17.8 Å². The third-order valence-corrected chi connectivity index (χ3v) is 6.37. The normalized spacial score (nSPS) is 37.2. The first kappa shape index (κ1) is 13.6. The summed E-state index contributed by atoms with van der Waals surface area (Å²) in [5, 5.41) is 0. The lowest BCUT2D eigenvalue weighted by Crippen LogP contribution is -2.58. The second-order valence-electron chi connectivity index (χ2n) is 7.85. The van der Waals surface area contributed by atoms with Crippen molar-refractivity contribution < 1.29 is 4.74 Å². The molecule has 4 aliphatic carbocycles. The fourth-order valence-corrected chi connectivity index (χ4v) is 5.74. The average Bonchev–Trinajstić information content (AvgIpc) is 2.46. The Morgan fingerprint density at radius 2 is 1.71 bits per heavy atom. The van der Waals surface area contributed by atoms with Crippen LogP contribution in [-0.2, 0) is 6.54 Å². The molecule has 0 aromatic heterocycles. The molecule has 114 valence electrons. The summed E-state index contributed by atoms with van der Waals surface area (Å²) in [5.74, 6) is 4.03. The molecule has 0 heterocycles. The van der Waals surface area contributed by atoms with Crippen LogP contribution in [0.25, 0.3) is 0 Å². The number of nitrogens with zero attached hydrogens (tertiary/aromatic N) is 1. The van der Waals surface area contributed by atoms with E-state index in [9.17, 15) is 0 Å². The van der Waals surface area contributed by atoms with Crippen LogP contribution in [0.3, 0.4) is 0 Å². The zero-order valence-electron chi connectivity index (χ0n) is 13.3. The molecular weight excluding hydrogens is 258 g/mol. The summed E-state index contributed by atoms with van der Waals surface area (Å²) in [6.07, 6.45) is 8.89. The molecule has 1 aromatic rings. The van der Waals surface area contributed by atoms with Crippen LogP contribution >= 0.6 is 0 Å². The molecular formula is C19H27NO. The Balaban J connectivity index is 1.53. The van der Waals surface area contributed by atoms with E-state index in [4.69, 9.17) is 4.74 Å². The van der Waals surface area contributed by atoms with E-state index in [0.717, 1.165) is 30.0 Å². The molecule has 0 aliphatic heterocycles. The first-order valence-corrected chi connectivity index (χ1v) is 8.51. The van der Waals surface area contributed by atoms with Gasteiger partial charge in [0.2, 0.25) is 0 Å². The largest absolute Gasteiger partial charge is 0.497 e. The van der Waals surface area contributed by atoms with Gasteiger partial charge in [-0.15, -0.1) is 0 Å². The maximum absolute atomic E-state index is 5.37. The van der Waals surface area contributed by atoms with E-state index in [1.165, 1.54) is 44.1 Å². The first-order chi connectivity index (χ1) is 10.2. The van der Waals surface area contributed by atoms with Gasteiger partial charge in [-0.25, -0.2) is 0 Å². The molecule has 4 aliphatic rings. The van der Waals surface area contributed by atoms with Gasteiger partial charge in [-0.3, -0.25) is 4.90 Å². The molecule has 0 unspecified atom stereocenters. The average molecular weight is 285 g/mol. The standard InChI is InChI=1S/C19H27NO/c1-20(13-14-4-3-5-18(9-14)21-2)19-10-15-6-16(11-19)8-17(7-15)12-19/h3-5,9,15-17H,6-8,10-13H2,1-2H3. The van der Waals surface area contributed by atoms with E-state index in [1.807, 2.05) is 6.07 Å². The Morgan fingerprint density at radius 1 is 1.10 bits per heavy atom. The number of methoxy groups -OCH3 is 1. The van der Waals surface area contributed by atoms with Gasteiger partial charge >= 0.3 is 0 Å². The topological polar surface area (TPSA) is 12.5 Å². The van der Waals surface area contributed by atoms with Crippen molar-refractivity contribution in [1.29, 1.82) is 0 Å². The van der Waals surface area contributed by atoms with E-state index in [1.54, 1.807) is 7.11 Å². The fraction of sp³-hybridized carbons (Fsp3) is 0.684. The molecule has 4 bridgehead atoms. The van der Waals surface area contributed by atoms with E-state index < -0.39 is 0 Å². The lowest BCUT2D eigenvalue weighted by atomic mass is 9.52. The molecule has 21 heavy (non-hydrogen) atoms. The van der Waals surface area contributed by atoms with E-state index in [-0.39, 0.29) is 0 Å². The third-order valence-electron chi connectivity index (χ3n) is 6.37. The number of hydrogen-bond acceptors (Lipinski definition) is 2. The Labute approximate surface area is 128 Å². The van der Waals surface area contributed by atoms with E-state index in [0.29, 0.717) is 5.54 Å². The van der Waals surface area contributed by atoms with Crippen LogP contribution in [0.2, 0.25) is 0 Å². The Bertz CT molecular complexity index is 489. The van der Waals surface area contributed by atoms with Gasteiger partial charge in [0.25, 0.3) is 0 Å². The van der Waals surface area contributed by atoms with Gasteiger partial charge < -0.3 is 4.74 Å². The maximum atomic E-state index is 5.37. The summed E-state index contributed by atoms with van der Waals surface area (Å²) in [6.45, 7) is 1.06. The lowest BCUT2D eigenvalue weighted by molar-refractivity contribution is -0.0822. The van der Waals surface area contributed by atoms with Crippen LogP contribution < -0.4 is 4.74 Å². The van der Waals surface area contributed by atoms with Gasteiger partial charge in [-0.1, -0.05) is 12.1 Å². The molecule has 5 rings (SSSR count). The second-order valence-corrected chi connectivity index (χ2v) is 7.85. The van der Waals surface area contributed by atoms with Crippen molar-refractivity contribution in [2.45, 2.75) is 50.6 Å². The molecule has 1 aromatic carbocycles. The number of ether oxygens (including phenoxy) is 1. The summed E-state index contributed by atoms with van der Waals surface area (Å²) in [5.41, 5.74) is 1.88. The molecule has 0 saturated heterocycles. The van der Waals surface area contributed by atoms with Gasteiger partial charge in [0.15, 0.2) is 0 Å².